The van der Waals surface area contributed by atoms with Gasteiger partial charge in [-0.25, -0.2) is 14.4 Å². The first-order chi connectivity index (χ1) is 10.3. The summed E-state index contributed by atoms with van der Waals surface area (Å²) in [6.07, 6.45) is 1.35. The third-order valence-electron chi connectivity index (χ3n) is 2.77. The average molecular weight is 302 g/mol. The molecule has 0 spiro atoms. The van der Waals surface area contributed by atoms with Crippen molar-refractivity contribution >= 4 is 11.7 Å². The third-order valence-corrected chi connectivity index (χ3v) is 2.77. The van der Waals surface area contributed by atoms with Crippen molar-refractivity contribution in [2.45, 2.75) is 32.9 Å². The Morgan fingerprint density at radius 3 is 2.50 bits per heavy atom. The number of carbonyl (C=O) groups excluding carboxylic acids is 1. The highest BCUT2D eigenvalue weighted by molar-refractivity contribution is 5.92. The molecule has 116 valence electrons. The first-order valence-electron chi connectivity index (χ1n) is 6.96. The normalized spacial score (nSPS) is 11.1. The van der Waals surface area contributed by atoms with E-state index in [9.17, 15) is 9.18 Å². The van der Waals surface area contributed by atoms with Crippen molar-refractivity contribution in [1.29, 1.82) is 0 Å². The number of hydrogen-bond acceptors (Lipinski definition) is 4. The number of aromatic nitrogens is 2. The van der Waals surface area contributed by atoms with Crippen LogP contribution in [-0.4, -0.2) is 21.4 Å². The van der Waals surface area contributed by atoms with Crippen LogP contribution in [0, 0.1) is 5.82 Å². The Bertz CT molecular complexity index is 650. The molecule has 0 aliphatic carbocycles. The van der Waals surface area contributed by atoms with Gasteiger partial charge in [0.05, 0.1) is 0 Å². The van der Waals surface area contributed by atoms with Gasteiger partial charge in [0.25, 0.3) is 5.91 Å². The van der Waals surface area contributed by atoms with Crippen LogP contribution in [0.15, 0.2) is 36.7 Å². The second-order valence-corrected chi connectivity index (χ2v) is 5.97. The largest absolute Gasteiger partial charge is 0.365 e. The highest BCUT2D eigenvalue weighted by atomic mass is 19.1. The molecule has 0 radical (unpaired) electrons. The van der Waals surface area contributed by atoms with Gasteiger partial charge in [0, 0.05) is 18.2 Å². The second-order valence-electron chi connectivity index (χ2n) is 5.97. The fourth-order valence-electron chi connectivity index (χ4n) is 1.81. The predicted octanol–water partition coefficient (Wildman–Crippen LogP) is 2.76. The van der Waals surface area contributed by atoms with Crippen LogP contribution in [0.1, 0.15) is 36.8 Å². The first-order valence-corrected chi connectivity index (χ1v) is 6.96. The fourth-order valence-corrected chi connectivity index (χ4v) is 1.81. The molecule has 0 saturated heterocycles. The number of hydrogen-bond donors (Lipinski definition) is 2. The zero-order valence-electron chi connectivity index (χ0n) is 12.9. The molecule has 0 saturated carbocycles. The third kappa shape index (κ3) is 4.80. The van der Waals surface area contributed by atoms with Crippen LogP contribution in [0.2, 0.25) is 0 Å². The van der Waals surface area contributed by atoms with Gasteiger partial charge >= 0.3 is 0 Å². The molecule has 0 bridgehead atoms. The fraction of sp³-hybridized carbons (Fsp3) is 0.312. The van der Waals surface area contributed by atoms with E-state index in [4.69, 9.17) is 0 Å². The van der Waals surface area contributed by atoms with Gasteiger partial charge in [0.15, 0.2) is 0 Å². The van der Waals surface area contributed by atoms with Gasteiger partial charge in [0.1, 0.15) is 23.7 Å². The topological polar surface area (TPSA) is 66.9 Å². The van der Waals surface area contributed by atoms with Crippen LogP contribution < -0.4 is 10.6 Å². The molecule has 6 heteroatoms. The standard InChI is InChI=1S/C16H19FN4O/c1-16(2,3)21-14-8-13(19-10-20-14)15(22)18-9-11-4-6-12(17)7-5-11/h4-8,10H,9H2,1-3H3,(H,18,22)(H,19,20,21). The molecule has 0 fully saturated rings. The molecular weight excluding hydrogens is 283 g/mol. The van der Waals surface area contributed by atoms with Crippen molar-refractivity contribution in [2.75, 3.05) is 5.32 Å². The number of benzene rings is 1. The van der Waals surface area contributed by atoms with Crippen LogP contribution in [0.3, 0.4) is 0 Å². The minimum absolute atomic E-state index is 0.157. The van der Waals surface area contributed by atoms with Crippen LogP contribution in [0.4, 0.5) is 10.2 Å². The molecule has 0 aliphatic heterocycles. The number of nitrogens with one attached hydrogen (secondary N) is 2. The van der Waals surface area contributed by atoms with Gasteiger partial charge in [-0.1, -0.05) is 12.1 Å². The first kappa shape index (κ1) is 15.9. The van der Waals surface area contributed by atoms with E-state index >= 15 is 0 Å². The van der Waals surface area contributed by atoms with Crippen molar-refractivity contribution in [1.82, 2.24) is 15.3 Å². The van der Waals surface area contributed by atoms with Crippen LogP contribution in [0.5, 0.6) is 0 Å². The van der Waals surface area contributed by atoms with Gasteiger partial charge in [-0.2, -0.15) is 0 Å². The summed E-state index contributed by atoms with van der Waals surface area (Å²) in [5, 5.41) is 5.93. The monoisotopic (exact) mass is 302 g/mol. The Balaban J connectivity index is 2.00. The van der Waals surface area contributed by atoms with Crippen LogP contribution in [0.25, 0.3) is 0 Å². The molecule has 2 aromatic rings. The molecule has 1 amide bonds. The van der Waals surface area contributed by atoms with Gasteiger partial charge in [-0.15, -0.1) is 0 Å². The van der Waals surface area contributed by atoms with E-state index in [1.807, 2.05) is 20.8 Å². The lowest BCUT2D eigenvalue weighted by atomic mass is 10.1. The summed E-state index contributed by atoms with van der Waals surface area (Å²) in [5.74, 6) is -0.0121. The van der Waals surface area contributed by atoms with Crippen molar-refractivity contribution < 1.29 is 9.18 Å². The van der Waals surface area contributed by atoms with Gasteiger partial charge in [0.2, 0.25) is 0 Å². The maximum Gasteiger partial charge on any atom is 0.270 e. The summed E-state index contributed by atoms with van der Waals surface area (Å²) >= 11 is 0. The molecule has 5 nitrogen and oxygen atoms in total. The molecule has 1 aromatic heterocycles. The van der Waals surface area contributed by atoms with Crippen LogP contribution >= 0.6 is 0 Å². The van der Waals surface area contributed by atoms with Gasteiger partial charge < -0.3 is 10.6 Å². The number of rotatable bonds is 4. The van der Waals surface area contributed by atoms with Crippen molar-refractivity contribution in [3.05, 3.63) is 53.7 Å². The molecular formula is C16H19FN4O. The van der Waals surface area contributed by atoms with E-state index in [1.165, 1.54) is 18.5 Å². The molecule has 22 heavy (non-hydrogen) atoms. The molecule has 2 N–H and O–H groups in total. The number of carbonyl (C=O) groups is 1. The zero-order chi connectivity index (χ0) is 16.2. The molecule has 1 heterocycles. The number of nitrogens with zero attached hydrogens (tertiary/aromatic N) is 2. The maximum absolute atomic E-state index is 12.8. The van der Waals surface area contributed by atoms with E-state index in [2.05, 4.69) is 20.6 Å². The van der Waals surface area contributed by atoms with E-state index in [1.54, 1.807) is 18.2 Å². The van der Waals surface area contributed by atoms with E-state index in [0.717, 1.165) is 5.56 Å². The zero-order valence-corrected chi connectivity index (χ0v) is 12.9. The minimum Gasteiger partial charge on any atom is -0.365 e. The minimum atomic E-state index is -0.302. The predicted molar refractivity (Wildman–Crippen MR) is 83.0 cm³/mol. The molecule has 1 aromatic carbocycles. The average Bonchev–Trinajstić information content (AvgIpc) is 2.45. The SMILES string of the molecule is CC(C)(C)Nc1cc(C(=O)NCc2ccc(F)cc2)ncn1. The Hall–Kier alpha value is -2.50. The Morgan fingerprint density at radius 1 is 1.18 bits per heavy atom. The number of halogens is 1. The van der Waals surface area contributed by atoms with E-state index in [-0.39, 0.29) is 23.0 Å². The lowest BCUT2D eigenvalue weighted by molar-refractivity contribution is 0.0945. The van der Waals surface area contributed by atoms with Crippen molar-refractivity contribution in [3.8, 4) is 0 Å². The van der Waals surface area contributed by atoms with Crippen molar-refractivity contribution in [2.24, 2.45) is 0 Å². The van der Waals surface area contributed by atoms with Crippen LogP contribution in [-0.2, 0) is 6.54 Å². The molecule has 0 aliphatic rings. The number of anilines is 1. The lowest BCUT2D eigenvalue weighted by Gasteiger charge is -2.21. The summed E-state index contributed by atoms with van der Waals surface area (Å²) in [4.78, 5) is 20.2. The second kappa shape index (κ2) is 6.51. The quantitative estimate of drug-likeness (QED) is 0.911. The smallest absolute Gasteiger partial charge is 0.270 e. The lowest BCUT2D eigenvalue weighted by Crippen LogP contribution is -2.28. The summed E-state index contributed by atoms with van der Waals surface area (Å²) in [5.41, 5.74) is 0.941. The Morgan fingerprint density at radius 2 is 1.86 bits per heavy atom. The Labute approximate surface area is 129 Å². The van der Waals surface area contributed by atoms with E-state index < -0.39 is 0 Å². The summed E-state index contributed by atoms with van der Waals surface area (Å²) < 4.78 is 12.8. The summed E-state index contributed by atoms with van der Waals surface area (Å²) in [6, 6.07) is 7.57. The van der Waals surface area contributed by atoms with E-state index in [0.29, 0.717) is 12.4 Å². The van der Waals surface area contributed by atoms with Gasteiger partial charge in [-0.3, -0.25) is 4.79 Å². The highest BCUT2D eigenvalue weighted by Crippen LogP contribution is 2.12. The molecule has 2 rings (SSSR count). The maximum atomic E-state index is 12.8. The highest BCUT2D eigenvalue weighted by Gasteiger charge is 2.13. The molecule has 0 unspecified atom stereocenters. The van der Waals surface area contributed by atoms with Gasteiger partial charge in [-0.05, 0) is 38.5 Å². The summed E-state index contributed by atoms with van der Waals surface area (Å²) in [6.45, 7) is 6.32. The molecule has 0 atom stereocenters. The number of amides is 1. The Kier molecular flexibility index (Phi) is 4.70. The summed E-state index contributed by atoms with van der Waals surface area (Å²) in [7, 11) is 0. The van der Waals surface area contributed by atoms with Crippen molar-refractivity contribution in [3.63, 3.8) is 0 Å².